The van der Waals surface area contributed by atoms with Crippen LogP contribution in [-0.2, 0) is 4.79 Å². The van der Waals surface area contributed by atoms with Crippen LogP contribution in [0.2, 0.25) is 0 Å². The van der Waals surface area contributed by atoms with Crippen molar-refractivity contribution in [3.8, 4) is 5.75 Å². The Labute approximate surface area is 145 Å². The molecule has 1 heterocycles. The van der Waals surface area contributed by atoms with E-state index in [1.54, 1.807) is 30.0 Å². The van der Waals surface area contributed by atoms with Crippen molar-refractivity contribution in [1.82, 2.24) is 0 Å². The molecule has 1 atom stereocenters. The van der Waals surface area contributed by atoms with Gasteiger partial charge >= 0.3 is 0 Å². The van der Waals surface area contributed by atoms with E-state index in [0.29, 0.717) is 29.2 Å². The monoisotopic (exact) mass is 342 g/mol. The van der Waals surface area contributed by atoms with Crippen molar-refractivity contribution in [2.45, 2.75) is 26.4 Å². The number of benzene rings is 2. The first kappa shape index (κ1) is 17.0. The summed E-state index contributed by atoms with van der Waals surface area (Å²) in [4.78, 5) is 26.3. The molecule has 2 amide bonds. The van der Waals surface area contributed by atoms with Crippen LogP contribution in [0.5, 0.6) is 5.75 Å². The third kappa shape index (κ3) is 3.47. The minimum atomic E-state index is -0.529. The number of carbonyl (C=O) groups is 2. The van der Waals surface area contributed by atoms with Gasteiger partial charge in [-0.25, -0.2) is 4.39 Å². The fourth-order valence-electron chi connectivity index (χ4n) is 2.74. The molecule has 1 N–H and O–H groups in total. The van der Waals surface area contributed by atoms with Crippen LogP contribution in [0.4, 0.5) is 15.8 Å². The van der Waals surface area contributed by atoms with Gasteiger partial charge in [0.05, 0.1) is 5.69 Å². The molecule has 0 spiro atoms. The highest BCUT2D eigenvalue weighted by molar-refractivity contribution is 6.05. The summed E-state index contributed by atoms with van der Waals surface area (Å²) in [5.41, 5.74) is 1.53. The van der Waals surface area contributed by atoms with E-state index in [2.05, 4.69) is 5.32 Å². The number of ether oxygens (including phenoxy) is 1. The van der Waals surface area contributed by atoms with Crippen LogP contribution in [-0.4, -0.2) is 24.5 Å². The lowest BCUT2D eigenvalue weighted by Crippen LogP contribution is -2.44. The molecule has 3 rings (SSSR count). The summed E-state index contributed by atoms with van der Waals surface area (Å²) >= 11 is 0. The molecule has 25 heavy (non-hydrogen) atoms. The summed E-state index contributed by atoms with van der Waals surface area (Å²) in [5.74, 6) is -0.236. The number of rotatable bonds is 4. The molecular weight excluding hydrogens is 323 g/mol. The Morgan fingerprint density at radius 1 is 1.24 bits per heavy atom. The third-order valence-corrected chi connectivity index (χ3v) is 3.98. The molecule has 0 aromatic heterocycles. The van der Waals surface area contributed by atoms with E-state index in [9.17, 15) is 14.0 Å². The average Bonchev–Trinajstić information content (AvgIpc) is 2.60. The Morgan fingerprint density at radius 2 is 1.96 bits per heavy atom. The largest absolute Gasteiger partial charge is 0.479 e. The fraction of sp³-hybridized carbons (Fsp3) is 0.263. The zero-order valence-corrected chi connectivity index (χ0v) is 14.1. The Hall–Kier alpha value is -2.89. The Balaban J connectivity index is 1.86. The second-order valence-corrected chi connectivity index (χ2v) is 5.89. The quantitative estimate of drug-likeness (QED) is 0.923. The third-order valence-electron chi connectivity index (χ3n) is 3.98. The Bertz CT molecular complexity index is 805. The minimum Gasteiger partial charge on any atom is -0.479 e. The smallest absolute Gasteiger partial charge is 0.267 e. The van der Waals surface area contributed by atoms with Crippen molar-refractivity contribution in [3.05, 3.63) is 53.8 Å². The molecule has 0 aliphatic carbocycles. The maximum Gasteiger partial charge on any atom is 0.267 e. The lowest BCUT2D eigenvalue weighted by molar-refractivity contribution is -0.125. The van der Waals surface area contributed by atoms with E-state index < -0.39 is 11.9 Å². The SMILES string of the molecule is CCCN1C(=O)C(C)Oc2ccc(NC(=O)c3ccc(F)cc3)cc21. The second kappa shape index (κ2) is 6.93. The number of anilines is 2. The van der Waals surface area contributed by atoms with E-state index in [0.717, 1.165) is 6.42 Å². The van der Waals surface area contributed by atoms with Gasteiger partial charge in [0.15, 0.2) is 6.10 Å². The number of amides is 2. The van der Waals surface area contributed by atoms with Crippen LogP contribution in [0.15, 0.2) is 42.5 Å². The van der Waals surface area contributed by atoms with Crippen LogP contribution in [0.1, 0.15) is 30.6 Å². The first-order chi connectivity index (χ1) is 12.0. The van der Waals surface area contributed by atoms with Gasteiger partial charge in [0.25, 0.3) is 11.8 Å². The van der Waals surface area contributed by atoms with E-state index >= 15 is 0 Å². The van der Waals surface area contributed by atoms with Gasteiger partial charge in [0, 0.05) is 17.8 Å². The lowest BCUT2D eigenvalue weighted by atomic mass is 10.1. The molecule has 0 radical (unpaired) electrons. The number of fused-ring (bicyclic) bond motifs is 1. The molecule has 0 saturated heterocycles. The molecule has 2 aromatic carbocycles. The molecule has 1 unspecified atom stereocenters. The highest BCUT2D eigenvalue weighted by Crippen LogP contribution is 2.36. The topological polar surface area (TPSA) is 58.6 Å². The Morgan fingerprint density at radius 3 is 2.64 bits per heavy atom. The fourth-order valence-corrected chi connectivity index (χ4v) is 2.74. The molecule has 130 valence electrons. The molecule has 1 aliphatic rings. The van der Waals surface area contributed by atoms with E-state index in [1.165, 1.54) is 24.3 Å². The molecule has 5 nitrogen and oxygen atoms in total. The number of nitrogens with zero attached hydrogens (tertiary/aromatic N) is 1. The van der Waals surface area contributed by atoms with Crippen LogP contribution in [0.25, 0.3) is 0 Å². The number of halogens is 1. The highest BCUT2D eigenvalue weighted by atomic mass is 19.1. The number of hydrogen-bond acceptors (Lipinski definition) is 3. The normalized spacial score (nSPS) is 16.2. The number of nitrogens with one attached hydrogen (secondary N) is 1. The molecule has 2 aromatic rings. The van der Waals surface area contributed by atoms with Gasteiger partial charge in [-0.2, -0.15) is 0 Å². The van der Waals surface area contributed by atoms with Crippen molar-refractivity contribution in [3.63, 3.8) is 0 Å². The van der Waals surface area contributed by atoms with Crippen LogP contribution >= 0.6 is 0 Å². The summed E-state index contributed by atoms with van der Waals surface area (Å²) in [6.45, 7) is 4.29. The summed E-state index contributed by atoms with van der Waals surface area (Å²) in [6, 6.07) is 10.5. The molecule has 6 heteroatoms. The van der Waals surface area contributed by atoms with Gasteiger partial charge in [0.2, 0.25) is 0 Å². The Kier molecular flexibility index (Phi) is 4.70. The summed E-state index contributed by atoms with van der Waals surface area (Å²) in [7, 11) is 0. The predicted molar refractivity (Wildman–Crippen MR) is 93.5 cm³/mol. The standard InChI is InChI=1S/C19H19FN2O3/c1-3-10-22-16-11-15(8-9-17(16)25-12(2)19(22)24)21-18(23)13-4-6-14(20)7-5-13/h4-9,11-12H,3,10H2,1-2H3,(H,21,23). The van der Waals surface area contributed by atoms with Gasteiger partial charge in [-0.3, -0.25) is 9.59 Å². The van der Waals surface area contributed by atoms with Crippen molar-refractivity contribution in [2.24, 2.45) is 0 Å². The molecule has 0 saturated carbocycles. The number of carbonyl (C=O) groups excluding carboxylic acids is 2. The van der Waals surface area contributed by atoms with E-state index in [-0.39, 0.29) is 11.8 Å². The predicted octanol–water partition coefficient (Wildman–Crippen LogP) is 3.60. The highest BCUT2D eigenvalue weighted by Gasteiger charge is 2.31. The molecule has 1 aliphatic heterocycles. The van der Waals surface area contributed by atoms with Crippen molar-refractivity contribution in [1.29, 1.82) is 0 Å². The zero-order chi connectivity index (χ0) is 18.0. The zero-order valence-electron chi connectivity index (χ0n) is 14.1. The van der Waals surface area contributed by atoms with Crippen molar-refractivity contribution < 1.29 is 18.7 Å². The van der Waals surface area contributed by atoms with Gasteiger partial charge in [-0.15, -0.1) is 0 Å². The average molecular weight is 342 g/mol. The first-order valence-electron chi connectivity index (χ1n) is 8.18. The van der Waals surface area contributed by atoms with Gasteiger partial charge in [-0.1, -0.05) is 6.92 Å². The van der Waals surface area contributed by atoms with Gasteiger partial charge < -0.3 is 15.0 Å². The summed E-state index contributed by atoms with van der Waals surface area (Å²) in [5, 5.41) is 2.76. The van der Waals surface area contributed by atoms with Gasteiger partial charge in [0.1, 0.15) is 11.6 Å². The maximum atomic E-state index is 13.0. The molecule has 0 bridgehead atoms. The van der Waals surface area contributed by atoms with Gasteiger partial charge in [-0.05, 0) is 55.8 Å². The minimum absolute atomic E-state index is 0.101. The number of hydrogen-bond donors (Lipinski definition) is 1. The van der Waals surface area contributed by atoms with Crippen LogP contribution in [0, 0.1) is 5.82 Å². The van der Waals surface area contributed by atoms with E-state index in [1.807, 2.05) is 6.92 Å². The second-order valence-electron chi connectivity index (χ2n) is 5.89. The maximum absolute atomic E-state index is 13.0. The summed E-state index contributed by atoms with van der Waals surface area (Å²) < 4.78 is 18.6. The molecular formula is C19H19FN2O3. The van der Waals surface area contributed by atoms with Crippen molar-refractivity contribution >= 4 is 23.2 Å². The van der Waals surface area contributed by atoms with Crippen LogP contribution < -0.4 is 15.0 Å². The first-order valence-corrected chi connectivity index (χ1v) is 8.18. The van der Waals surface area contributed by atoms with Crippen LogP contribution in [0.3, 0.4) is 0 Å². The van der Waals surface area contributed by atoms with Crippen molar-refractivity contribution in [2.75, 3.05) is 16.8 Å². The lowest BCUT2D eigenvalue weighted by Gasteiger charge is -2.33. The van der Waals surface area contributed by atoms with E-state index in [4.69, 9.17) is 4.74 Å². The summed E-state index contributed by atoms with van der Waals surface area (Å²) in [6.07, 6.45) is 0.281. The molecule has 0 fully saturated rings.